The number of ether oxygens (including phenoxy) is 1. The molecule has 11 heteroatoms. The second-order valence-corrected chi connectivity index (χ2v) is 15.2. The molecule has 1 aliphatic carbocycles. The van der Waals surface area contributed by atoms with Crippen LogP contribution >= 0.6 is 11.6 Å². The zero-order valence-electron chi connectivity index (χ0n) is 29.8. The average molecular weight is 737 g/mol. The minimum atomic E-state index is -4.07. The summed E-state index contributed by atoms with van der Waals surface area (Å²) in [6.45, 7) is 10.1. The number of fused-ring (bicyclic) bond motifs is 1. The van der Waals surface area contributed by atoms with Gasteiger partial charge in [-0.2, -0.15) is 5.10 Å². The first-order valence-corrected chi connectivity index (χ1v) is 19.0. The number of rotatable bonds is 12. The third-order valence-corrected chi connectivity index (χ3v) is 11.5. The summed E-state index contributed by atoms with van der Waals surface area (Å²) in [6, 6.07) is 23.1. The van der Waals surface area contributed by atoms with Crippen LogP contribution in [0.5, 0.6) is 5.75 Å². The Bertz CT molecular complexity index is 2300. The predicted octanol–water partition coefficient (Wildman–Crippen LogP) is 7.88. The van der Waals surface area contributed by atoms with Crippen molar-refractivity contribution in [2.45, 2.75) is 65.3 Å². The van der Waals surface area contributed by atoms with Gasteiger partial charge in [0.05, 0.1) is 17.2 Å². The molecule has 1 aliphatic rings. The van der Waals surface area contributed by atoms with E-state index in [1.54, 1.807) is 49.4 Å². The number of allylic oxidation sites excluding steroid dienone is 1. The molecule has 9 nitrogen and oxygen atoms in total. The molecular formula is C41H41ClN4O5S. The lowest BCUT2D eigenvalue weighted by molar-refractivity contribution is -0.117. The van der Waals surface area contributed by atoms with Gasteiger partial charge >= 0.3 is 0 Å². The molecule has 0 aliphatic heterocycles. The molecule has 0 saturated carbocycles. The molecule has 4 aromatic carbocycles. The number of aryl methyl sites for hydroxylation is 5. The molecule has 2 amide bonds. The summed E-state index contributed by atoms with van der Waals surface area (Å²) >= 11 is 6.35. The number of carbonyl (C=O) groups is 2. The molecule has 0 atom stereocenters. The molecule has 0 bridgehead atoms. The van der Waals surface area contributed by atoms with Crippen molar-refractivity contribution in [2.75, 3.05) is 6.61 Å². The summed E-state index contributed by atoms with van der Waals surface area (Å²) in [5.74, 6) is -0.203. The van der Waals surface area contributed by atoms with Gasteiger partial charge < -0.3 is 10.1 Å². The largest absolute Gasteiger partial charge is 0.494 e. The maximum Gasteiger partial charge on any atom is 0.265 e. The highest BCUT2D eigenvalue weighted by Crippen LogP contribution is 2.42. The molecular weight excluding hydrogens is 696 g/mol. The van der Waals surface area contributed by atoms with Crippen molar-refractivity contribution < 1.29 is 22.7 Å². The number of carbonyl (C=O) groups excluding carboxylic acids is 2. The third-order valence-electron chi connectivity index (χ3n) is 9.39. The topological polar surface area (TPSA) is 130 Å². The van der Waals surface area contributed by atoms with Gasteiger partial charge in [-0.3, -0.25) is 14.7 Å². The van der Waals surface area contributed by atoms with Crippen molar-refractivity contribution in [3.05, 3.63) is 140 Å². The van der Waals surface area contributed by atoms with Crippen LogP contribution in [0.3, 0.4) is 0 Å². The Hall–Kier alpha value is -5.19. The molecule has 268 valence electrons. The minimum absolute atomic E-state index is 0.0383. The number of nitrogens with one attached hydrogen (secondary N) is 3. The van der Waals surface area contributed by atoms with Gasteiger partial charge in [-0.1, -0.05) is 60.1 Å². The summed E-state index contributed by atoms with van der Waals surface area (Å²) in [5.41, 5.74) is 11.0. The van der Waals surface area contributed by atoms with Crippen molar-refractivity contribution in [3.63, 3.8) is 0 Å². The van der Waals surface area contributed by atoms with Gasteiger partial charge in [0.1, 0.15) is 5.75 Å². The fraction of sp³-hybridized carbons (Fsp3) is 0.244. The zero-order chi connectivity index (χ0) is 37.2. The fourth-order valence-corrected chi connectivity index (χ4v) is 8.16. The predicted molar refractivity (Wildman–Crippen MR) is 204 cm³/mol. The minimum Gasteiger partial charge on any atom is -0.494 e. The van der Waals surface area contributed by atoms with E-state index in [1.165, 1.54) is 6.07 Å². The van der Waals surface area contributed by atoms with Gasteiger partial charge in [-0.25, -0.2) is 13.1 Å². The fourth-order valence-electron chi connectivity index (χ4n) is 6.82. The Morgan fingerprint density at radius 1 is 0.865 bits per heavy atom. The number of aromatic nitrogens is 2. The Labute approximate surface area is 309 Å². The number of amides is 2. The Kier molecular flexibility index (Phi) is 10.7. The second kappa shape index (κ2) is 15.2. The first kappa shape index (κ1) is 36.6. The Balaban J connectivity index is 1.20. The maximum atomic E-state index is 14.0. The van der Waals surface area contributed by atoms with Gasteiger partial charge in [0.25, 0.3) is 15.9 Å². The van der Waals surface area contributed by atoms with Crippen LogP contribution in [0.4, 0.5) is 0 Å². The summed E-state index contributed by atoms with van der Waals surface area (Å²) in [7, 11) is -4.07. The smallest absolute Gasteiger partial charge is 0.265 e. The van der Waals surface area contributed by atoms with Crippen molar-refractivity contribution in [1.29, 1.82) is 0 Å². The van der Waals surface area contributed by atoms with Crippen LogP contribution in [0.1, 0.15) is 68.0 Å². The summed E-state index contributed by atoms with van der Waals surface area (Å²) in [6.07, 6.45) is 1.76. The first-order chi connectivity index (χ1) is 24.8. The van der Waals surface area contributed by atoms with E-state index in [9.17, 15) is 18.0 Å². The second-order valence-electron chi connectivity index (χ2n) is 13.2. The lowest BCUT2D eigenvalue weighted by atomic mass is 9.93. The van der Waals surface area contributed by atoms with Crippen molar-refractivity contribution in [1.82, 2.24) is 20.2 Å². The van der Waals surface area contributed by atoms with Gasteiger partial charge in [0, 0.05) is 40.4 Å². The van der Waals surface area contributed by atoms with E-state index in [4.69, 9.17) is 16.3 Å². The third kappa shape index (κ3) is 7.68. The molecule has 52 heavy (non-hydrogen) atoms. The van der Waals surface area contributed by atoms with E-state index in [-0.39, 0.29) is 22.9 Å². The van der Waals surface area contributed by atoms with Crippen LogP contribution in [0.15, 0.2) is 89.3 Å². The number of nitrogens with zero attached hydrogens (tertiary/aromatic N) is 1. The standard InChI is InChI=1S/C41H41ClN4O5S/c1-24-11-6-7-17-37(24)52(49,50)46-40(47)30-13-8-12-29(21-30)23-43-41(48)36-22-35-32(14-9-15-34(35)38-27(4)44-45-28(38)5)33(36)16-10-18-51-31-19-25(2)39(42)26(3)20-31/h6-9,11-15,17,19-21H,10,16,18,22-23H2,1-5H3,(H,43,48)(H,44,45)(H,46,47). The number of hydrogen-bond acceptors (Lipinski definition) is 6. The lowest BCUT2D eigenvalue weighted by Gasteiger charge is -2.13. The molecule has 0 saturated heterocycles. The van der Waals surface area contributed by atoms with E-state index in [0.29, 0.717) is 42.6 Å². The van der Waals surface area contributed by atoms with Crippen LogP contribution in [0.2, 0.25) is 5.02 Å². The number of sulfonamides is 1. The first-order valence-electron chi connectivity index (χ1n) is 17.1. The van der Waals surface area contributed by atoms with E-state index in [1.807, 2.05) is 45.9 Å². The number of benzene rings is 4. The highest BCUT2D eigenvalue weighted by molar-refractivity contribution is 7.90. The zero-order valence-corrected chi connectivity index (χ0v) is 31.4. The molecule has 1 heterocycles. The van der Waals surface area contributed by atoms with Crippen molar-refractivity contribution in [2.24, 2.45) is 0 Å². The summed E-state index contributed by atoms with van der Waals surface area (Å²) in [5, 5.41) is 11.3. The molecule has 0 spiro atoms. The highest BCUT2D eigenvalue weighted by atomic mass is 35.5. The summed E-state index contributed by atoms with van der Waals surface area (Å²) < 4.78 is 34.2. The molecule has 5 aromatic rings. The van der Waals surface area contributed by atoms with E-state index in [2.05, 4.69) is 32.4 Å². The van der Waals surface area contributed by atoms with Crippen LogP contribution in [0, 0.1) is 34.6 Å². The molecule has 0 unspecified atom stereocenters. The van der Waals surface area contributed by atoms with E-state index in [0.717, 1.165) is 61.1 Å². The molecule has 6 rings (SSSR count). The number of H-pyrrole nitrogens is 1. The molecule has 1 aromatic heterocycles. The van der Waals surface area contributed by atoms with E-state index >= 15 is 0 Å². The normalized spacial score (nSPS) is 12.5. The average Bonchev–Trinajstić information content (AvgIpc) is 3.66. The van der Waals surface area contributed by atoms with Crippen molar-refractivity contribution in [3.8, 4) is 16.9 Å². The lowest BCUT2D eigenvalue weighted by Crippen LogP contribution is -2.31. The number of aromatic amines is 1. The highest BCUT2D eigenvalue weighted by Gasteiger charge is 2.29. The molecule has 3 N–H and O–H groups in total. The maximum absolute atomic E-state index is 14.0. The monoisotopic (exact) mass is 736 g/mol. The van der Waals surface area contributed by atoms with Gasteiger partial charge in [0.15, 0.2) is 0 Å². The molecule has 0 radical (unpaired) electrons. The van der Waals surface area contributed by atoms with E-state index < -0.39 is 15.9 Å². The Morgan fingerprint density at radius 3 is 2.29 bits per heavy atom. The molecule has 0 fully saturated rings. The van der Waals surface area contributed by atoms with Crippen LogP contribution in [-0.2, 0) is 27.8 Å². The van der Waals surface area contributed by atoms with Crippen LogP contribution in [-0.4, -0.2) is 37.0 Å². The number of hydrogen-bond donors (Lipinski definition) is 3. The Morgan fingerprint density at radius 2 is 1.58 bits per heavy atom. The van der Waals surface area contributed by atoms with Crippen LogP contribution in [0.25, 0.3) is 16.7 Å². The van der Waals surface area contributed by atoms with Crippen LogP contribution < -0.4 is 14.8 Å². The summed E-state index contributed by atoms with van der Waals surface area (Å²) in [4.78, 5) is 27.1. The number of halogens is 1. The SMILES string of the molecule is Cc1ccccc1S(=O)(=O)NC(=O)c1cccc(CNC(=O)C2=C(CCCOc3cc(C)c(Cl)c(C)c3)c3cccc(-c4c(C)n[nH]c4C)c3C2)c1. The van der Waals surface area contributed by atoms with Gasteiger partial charge in [0.2, 0.25) is 5.91 Å². The van der Waals surface area contributed by atoms with Gasteiger partial charge in [-0.05, 0) is 122 Å². The quantitative estimate of drug-likeness (QED) is 0.112. The van der Waals surface area contributed by atoms with Crippen molar-refractivity contribution >= 4 is 39.0 Å². The van der Waals surface area contributed by atoms with Gasteiger partial charge in [-0.15, -0.1) is 0 Å².